The number of aliphatic imine (C=N–C) groups is 1. The van der Waals surface area contributed by atoms with E-state index in [1.165, 1.54) is 30.6 Å². The third kappa shape index (κ3) is 4.74. The highest BCUT2D eigenvalue weighted by molar-refractivity contribution is 5.80. The Morgan fingerprint density at radius 3 is 2.57 bits per heavy atom. The number of hydrogen-bond donors (Lipinski definition) is 2. The van der Waals surface area contributed by atoms with Crippen molar-refractivity contribution in [2.45, 2.75) is 76.6 Å². The molecule has 0 bridgehead atoms. The molecule has 2 saturated heterocycles. The maximum Gasteiger partial charge on any atom is 0.401 e. The van der Waals surface area contributed by atoms with Crippen LogP contribution in [-0.2, 0) is 4.74 Å². The number of ether oxygens (including phenoxy) is 1. The Bertz CT molecular complexity index is 598. The number of piperidine rings is 1. The smallest absolute Gasteiger partial charge is 0.377 e. The summed E-state index contributed by atoms with van der Waals surface area (Å²) < 4.78 is 43.7. The van der Waals surface area contributed by atoms with Crippen LogP contribution in [-0.4, -0.2) is 68.5 Å². The lowest BCUT2D eigenvalue weighted by Crippen LogP contribution is -2.69. The molecular formula is C22H37F3N4O. The number of alkyl halides is 3. The Balaban J connectivity index is 1.27. The van der Waals surface area contributed by atoms with Gasteiger partial charge >= 0.3 is 6.18 Å². The molecule has 0 aromatic heterocycles. The van der Waals surface area contributed by atoms with E-state index < -0.39 is 12.7 Å². The van der Waals surface area contributed by atoms with Crippen molar-refractivity contribution in [2.75, 3.05) is 39.3 Å². The fourth-order valence-corrected chi connectivity index (χ4v) is 6.42. The zero-order chi connectivity index (χ0) is 21.2. The summed E-state index contributed by atoms with van der Waals surface area (Å²) in [5, 5.41) is 7.16. The Kier molecular flexibility index (Phi) is 6.82. The molecule has 2 saturated carbocycles. The van der Waals surface area contributed by atoms with Crippen LogP contribution in [0.15, 0.2) is 4.99 Å². The molecule has 2 heterocycles. The van der Waals surface area contributed by atoms with Crippen molar-refractivity contribution >= 4 is 5.96 Å². The van der Waals surface area contributed by atoms with Gasteiger partial charge in [0.1, 0.15) is 0 Å². The Hall–Kier alpha value is -1.02. The Morgan fingerprint density at radius 1 is 1.17 bits per heavy atom. The lowest BCUT2D eigenvalue weighted by molar-refractivity contribution is -0.148. The van der Waals surface area contributed by atoms with Gasteiger partial charge in [0.05, 0.1) is 12.6 Å². The molecule has 2 aliphatic heterocycles. The van der Waals surface area contributed by atoms with Crippen molar-refractivity contribution in [2.24, 2.45) is 22.2 Å². The number of rotatable bonds is 6. The maximum absolute atomic E-state index is 12.5. The zero-order valence-corrected chi connectivity index (χ0v) is 18.1. The molecule has 0 aromatic carbocycles. The van der Waals surface area contributed by atoms with Gasteiger partial charge in [-0.2, -0.15) is 13.2 Å². The van der Waals surface area contributed by atoms with Gasteiger partial charge in [-0.3, -0.25) is 9.89 Å². The van der Waals surface area contributed by atoms with E-state index in [2.05, 4.69) is 17.6 Å². The SMILES string of the molecule is CCNC(=NCCC1CCN(CC(F)(F)F)CC1)NC1C2CCOC2C12CCCC2. The molecule has 5 nitrogen and oxygen atoms in total. The summed E-state index contributed by atoms with van der Waals surface area (Å²) >= 11 is 0. The first-order valence-corrected chi connectivity index (χ1v) is 11.9. The first-order valence-electron chi connectivity index (χ1n) is 11.9. The van der Waals surface area contributed by atoms with Crippen LogP contribution in [0.2, 0.25) is 0 Å². The number of fused-ring (bicyclic) bond motifs is 2. The van der Waals surface area contributed by atoms with Crippen molar-refractivity contribution in [1.82, 2.24) is 15.5 Å². The van der Waals surface area contributed by atoms with Gasteiger partial charge in [-0.25, -0.2) is 0 Å². The second-order valence-corrected chi connectivity index (χ2v) is 9.69. The largest absolute Gasteiger partial charge is 0.401 e. The van der Waals surface area contributed by atoms with Crippen LogP contribution in [0, 0.1) is 17.3 Å². The summed E-state index contributed by atoms with van der Waals surface area (Å²) in [5.41, 5.74) is 0.294. The lowest BCUT2D eigenvalue weighted by Gasteiger charge is -2.57. The molecular weight excluding hydrogens is 393 g/mol. The zero-order valence-electron chi connectivity index (χ0n) is 18.1. The standard InChI is InChI=1S/C22H37F3N4O/c1-2-26-20(27-11-5-16-6-12-29(13-7-16)15-22(23,24)25)28-18-17-8-14-30-19(17)21(18)9-3-4-10-21/h16-19H,2-15H2,1H3,(H2,26,27,28). The van der Waals surface area contributed by atoms with Crippen LogP contribution in [0.3, 0.4) is 0 Å². The minimum Gasteiger partial charge on any atom is -0.377 e. The highest BCUT2D eigenvalue weighted by Crippen LogP contribution is 2.60. The average molecular weight is 431 g/mol. The van der Waals surface area contributed by atoms with Crippen molar-refractivity contribution < 1.29 is 17.9 Å². The van der Waals surface area contributed by atoms with E-state index in [0.717, 1.165) is 51.3 Å². The van der Waals surface area contributed by atoms with Gasteiger partial charge in [0.25, 0.3) is 0 Å². The number of halogens is 3. The summed E-state index contributed by atoms with van der Waals surface area (Å²) in [7, 11) is 0. The van der Waals surface area contributed by atoms with E-state index in [1.807, 2.05) is 0 Å². The van der Waals surface area contributed by atoms with Crippen LogP contribution < -0.4 is 10.6 Å². The van der Waals surface area contributed by atoms with Gasteiger partial charge in [0.2, 0.25) is 0 Å². The highest BCUT2D eigenvalue weighted by Gasteiger charge is 2.65. The fourth-order valence-electron chi connectivity index (χ4n) is 6.42. The second-order valence-electron chi connectivity index (χ2n) is 9.69. The molecule has 3 atom stereocenters. The molecule has 4 fully saturated rings. The summed E-state index contributed by atoms with van der Waals surface area (Å²) in [6, 6.07) is 0.455. The Morgan fingerprint density at radius 2 is 1.90 bits per heavy atom. The minimum absolute atomic E-state index is 0.294. The van der Waals surface area contributed by atoms with Gasteiger partial charge < -0.3 is 15.4 Å². The van der Waals surface area contributed by atoms with Crippen molar-refractivity contribution in [3.63, 3.8) is 0 Å². The summed E-state index contributed by atoms with van der Waals surface area (Å²) in [4.78, 5) is 6.37. The minimum atomic E-state index is -4.09. The van der Waals surface area contributed by atoms with Crippen LogP contribution in [0.25, 0.3) is 0 Å². The van der Waals surface area contributed by atoms with Gasteiger partial charge in [-0.15, -0.1) is 0 Å². The van der Waals surface area contributed by atoms with E-state index in [0.29, 0.717) is 42.5 Å². The van der Waals surface area contributed by atoms with Gasteiger partial charge in [0.15, 0.2) is 5.96 Å². The maximum atomic E-state index is 12.5. The number of nitrogens with zero attached hydrogens (tertiary/aromatic N) is 2. The number of likely N-dealkylation sites (tertiary alicyclic amines) is 1. The van der Waals surface area contributed by atoms with E-state index in [4.69, 9.17) is 9.73 Å². The Labute approximate surface area is 178 Å². The molecule has 172 valence electrons. The summed E-state index contributed by atoms with van der Waals surface area (Å²) in [6.45, 7) is 4.83. The van der Waals surface area contributed by atoms with Crippen molar-refractivity contribution in [1.29, 1.82) is 0 Å². The normalized spacial score (nSPS) is 32.3. The van der Waals surface area contributed by atoms with E-state index in [9.17, 15) is 13.2 Å². The third-order valence-electron chi connectivity index (χ3n) is 7.84. The molecule has 1 spiro atoms. The topological polar surface area (TPSA) is 48.9 Å². The van der Waals surface area contributed by atoms with E-state index in [-0.39, 0.29) is 0 Å². The molecule has 0 aromatic rings. The molecule has 4 aliphatic rings. The second kappa shape index (κ2) is 9.23. The molecule has 4 rings (SSSR count). The van der Waals surface area contributed by atoms with E-state index >= 15 is 0 Å². The third-order valence-corrected chi connectivity index (χ3v) is 7.84. The first kappa shape index (κ1) is 22.2. The van der Waals surface area contributed by atoms with Gasteiger partial charge in [-0.05, 0) is 64.5 Å². The highest BCUT2D eigenvalue weighted by atomic mass is 19.4. The molecule has 0 amide bonds. The van der Waals surface area contributed by atoms with Crippen LogP contribution >= 0.6 is 0 Å². The van der Waals surface area contributed by atoms with E-state index in [1.54, 1.807) is 0 Å². The quantitative estimate of drug-likeness (QED) is 0.500. The van der Waals surface area contributed by atoms with Gasteiger partial charge in [0, 0.05) is 37.1 Å². The van der Waals surface area contributed by atoms with Crippen LogP contribution in [0.5, 0.6) is 0 Å². The molecule has 2 aliphatic carbocycles. The van der Waals surface area contributed by atoms with Crippen LogP contribution in [0.1, 0.15) is 58.3 Å². The summed E-state index contributed by atoms with van der Waals surface area (Å²) in [5.74, 6) is 1.97. The number of guanidine groups is 1. The average Bonchev–Trinajstić information content (AvgIpc) is 3.35. The molecule has 2 N–H and O–H groups in total. The molecule has 8 heteroatoms. The first-order chi connectivity index (χ1) is 14.4. The number of hydrogen-bond acceptors (Lipinski definition) is 3. The van der Waals surface area contributed by atoms with Crippen LogP contribution in [0.4, 0.5) is 13.2 Å². The van der Waals surface area contributed by atoms with Gasteiger partial charge in [-0.1, -0.05) is 12.8 Å². The number of nitrogens with one attached hydrogen (secondary N) is 2. The fraction of sp³-hybridized carbons (Fsp3) is 0.955. The monoisotopic (exact) mass is 430 g/mol. The molecule has 30 heavy (non-hydrogen) atoms. The molecule has 3 unspecified atom stereocenters. The predicted molar refractivity (Wildman–Crippen MR) is 111 cm³/mol. The van der Waals surface area contributed by atoms with Crippen molar-refractivity contribution in [3.8, 4) is 0 Å². The molecule has 0 radical (unpaired) electrons. The summed E-state index contributed by atoms with van der Waals surface area (Å²) in [6.07, 6.45) is 5.19. The lowest BCUT2D eigenvalue weighted by atomic mass is 9.54. The predicted octanol–water partition coefficient (Wildman–Crippen LogP) is 3.55. The van der Waals surface area contributed by atoms with Crippen molar-refractivity contribution in [3.05, 3.63) is 0 Å².